The Hall–Kier alpha value is -1.45. The maximum atomic E-state index is 13.6. The fourth-order valence-electron chi connectivity index (χ4n) is 2.39. The summed E-state index contributed by atoms with van der Waals surface area (Å²) >= 11 is 0. The van der Waals surface area contributed by atoms with Gasteiger partial charge in [-0.25, -0.2) is 4.39 Å². The van der Waals surface area contributed by atoms with Crippen molar-refractivity contribution in [3.63, 3.8) is 0 Å². The summed E-state index contributed by atoms with van der Waals surface area (Å²) in [5.74, 6) is -2.38. The van der Waals surface area contributed by atoms with Crippen molar-refractivity contribution in [3.8, 4) is 5.75 Å². The molecule has 0 bridgehead atoms. The van der Waals surface area contributed by atoms with E-state index in [4.69, 9.17) is 4.74 Å². The van der Waals surface area contributed by atoms with E-state index in [2.05, 4.69) is 6.92 Å². The highest BCUT2D eigenvalue weighted by Crippen LogP contribution is 2.30. The van der Waals surface area contributed by atoms with E-state index in [1.807, 2.05) is 0 Å². The molecule has 1 fully saturated rings. The van der Waals surface area contributed by atoms with Gasteiger partial charge in [-0.05, 0) is 50.2 Å². The molecule has 1 saturated carbocycles. The van der Waals surface area contributed by atoms with E-state index in [0.29, 0.717) is 5.92 Å². The summed E-state index contributed by atoms with van der Waals surface area (Å²) in [6.07, 6.45) is 3.47. The van der Waals surface area contributed by atoms with Crippen molar-refractivity contribution in [2.45, 2.75) is 39.5 Å². The fraction of sp³-hybridized carbons (Fsp3) is 0.533. The number of halogens is 2. The molecule has 1 aromatic rings. The van der Waals surface area contributed by atoms with Crippen molar-refractivity contribution in [2.24, 2.45) is 11.8 Å². The van der Waals surface area contributed by atoms with Crippen molar-refractivity contribution in [1.82, 2.24) is 0 Å². The van der Waals surface area contributed by atoms with Crippen LogP contribution in [0.5, 0.6) is 5.75 Å². The van der Waals surface area contributed by atoms with Gasteiger partial charge < -0.3 is 4.74 Å². The quantitative estimate of drug-likeness (QED) is 0.593. The summed E-state index contributed by atoms with van der Waals surface area (Å²) in [5.41, 5.74) is 0.198. The molecule has 0 heterocycles. The maximum absolute atomic E-state index is 13.6. The SMILES string of the molecule is Cc1ccc(OC(=O)C2CCC(C)CC2)c(F)c1F.[HH]. The van der Waals surface area contributed by atoms with Crippen LogP contribution >= 0.6 is 0 Å². The lowest BCUT2D eigenvalue weighted by atomic mass is 9.83. The standard InChI is InChI=1S/C15H18F2O2.H2/c1-9-3-6-11(7-4-9)15(18)19-12-8-5-10(2)13(16)14(12)17;/h5,8-9,11H,3-4,6-7H2,1-2H3;1H. The van der Waals surface area contributed by atoms with Crippen LogP contribution in [0.3, 0.4) is 0 Å². The Labute approximate surface area is 113 Å². The molecule has 19 heavy (non-hydrogen) atoms. The topological polar surface area (TPSA) is 26.3 Å². The minimum atomic E-state index is -1.09. The molecular formula is C15H20F2O2. The molecule has 0 atom stereocenters. The molecule has 0 spiro atoms. The van der Waals surface area contributed by atoms with Gasteiger partial charge >= 0.3 is 5.97 Å². The molecule has 4 heteroatoms. The zero-order valence-corrected chi connectivity index (χ0v) is 11.2. The normalized spacial score (nSPS) is 23.2. The van der Waals surface area contributed by atoms with Crippen LogP contribution in [-0.4, -0.2) is 5.97 Å². The van der Waals surface area contributed by atoms with Gasteiger partial charge in [0, 0.05) is 1.43 Å². The van der Waals surface area contributed by atoms with Crippen LogP contribution in [0.15, 0.2) is 12.1 Å². The maximum Gasteiger partial charge on any atom is 0.314 e. The first-order chi connectivity index (χ1) is 8.99. The van der Waals surface area contributed by atoms with Crippen LogP contribution in [-0.2, 0) is 4.79 Å². The van der Waals surface area contributed by atoms with Crippen LogP contribution < -0.4 is 4.74 Å². The van der Waals surface area contributed by atoms with Gasteiger partial charge in [0.25, 0.3) is 0 Å². The number of carbonyl (C=O) groups excluding carboxylic acids is 1. The lowest BCUT2D eigenvalue weighted by Gasteiger charge is -2.24. The molecule has 0 amide bonds. The molecule has 0 aliphatic heterocycles. The van der Waals surface area contributed by atoms with Crippen molar-refractivity contribution < 1.29 is 19.7 Å². The van der Waals surface area contributed by atoms with Gasteiger partial charge in [-0.1, -0.05) is 13.0 Å². The molecule has 0 aromatic heterocycles. The summed E-state index contributed by atoms with van der Waals surface area (Å²) in [7, 11) is 0. The summed E-state index contributed by atoms with van der Waals surface area (Å²) in [6.45, 7) is 3.61. The second kappa shape index (κ2) is 5.68. The minimum Gasteiger partial charge on any atom is -0.423 e. The zero-order chi connectivity index (χ0) is 14.0. The van der Waals surface area contributed by atoms with Gasteiger partial charge in [0.1, 0.15) is 0 Å². The van der Waals surface area contributed by atoms with Gasteiger partial charge in [-0.2, -0.15) is 4.39 Å². The molecule has 1 aromatic carbocycles. The first-order valence-corrected chi connectivity index (χ1v) is 6.65. The highest BCUT2D eigenvalue weighted by Gasteiger charge is 2.27. The van der Waals surface area contributed by atoms with Gasteiger partial charge in [-0.3, -0.25) is 4.79 Å². The van der Waals surface area contributed by atoms with E-state index < -0.39 is 17.6 Å². The largest absolute Gasteiger partial charge is 0.423 e. The van der Waals surface area contributed by atoms with Crippen molar-refractivity contribution in [1.29, 1.82) is 0 Å². The molecule has 0 unspecified atom stereocenters. The highest BCUT2D eigenvalue weighted by atomic mass is 19.2. The number of hydrogen-bond acceptors (Lipinski definition) is 2. The van der Waals surface area contributed by atoms with Crippen LogP contribution in [0.4, 0.5) is 8.78 Å². The van der Waals surface area contributed by atoms with E-state index in [9.17, 15) is 13.6 Å². The molecule has 2 rings (SSSR count). The first-order valence-electron chi connectivity index (χ1n) is 6.65. The van der Waals surface area contributed by atoms with E-state index in [0.717, 1.165) is 25.7 Å². The van der Waals surface area contributed by atoms with Crippen LogP contribution in [0.2, 0.25) is 0 Å². The van der Waals surface area contributed by atoms with E-state index >= 15 is 0 Å². The van der Waals surface area contributed by atoms with Crippen molar-refractivity contribution in [2.75, 3.05) is 0 Å². The van der Waals surface area contributed by atoms with Crippen molar-refractivity contribution >= 4 is 5.97 Å². The molecule has 0 radical (unpaired) electrons. The molecular weight excluding hydrogens is 250 g/mol. The lowest BCUT2D eigenvalue weighted by molar-refractivity contribution is -0.140. The van der Waals surface area contributed by atoms with E-state index in [1.165, 1.54) is 19.1 Å². The number of esters is 1. The number of benzene rings is 1. The van der Waals surface area contributed by atoms with E-state index in [-0.39, 0.29) is 18.7 Å². The Morgan fingerprint density at radius 1 is 1.21 bits per heavy atom. The number of carbonyl (C=O) groups is 1. The van der Waals surface area contributed by atoms with Crippen LogP contribution in [0.25, 0.3) is 0 Å². The van der Waals surface area contributed by atoms with E-state index in [1.54, 1.807) is 0 Å². The van der Waals surface area contributed by atoms with Crippen LogP contribution in [0.1, 0.15) is 39.6 Å². The van der Waals surface area contributed by atoms with Gasteiger partial charge in [0.05, 0.1) is 5.92 Å². The summed E-state index contributed by atoms with van der Waals surface area (Å²) in [4.78, 5) is 11.9. The van der Waals surface area contributed by atoms with Gasteiger partial charge in [0.2, 0.25) is 5.82 Å². The Morgan fingerprint density at radius 2 is 1.84 bits per heavy atom. The zero-order valence-electron chi connectivity index (χ0n) is 11.2. The minimum absolute atomic E-state index is 0. The lowest BCUT2D eigenvalue weighted by Crippen LogP contribution is -2.25. The van der Waals surface area contributed by atoms with Crippen molar-refractivity contribution in [3.05, 3.63) is 29.3 Å². The predicted molar refractivity (Wildman–Crippen MR) is 70.0 cm³/mol. The van der Waals surface area contributed by atoms with Crippen LogP contribution in [0, 0.1) is 30.4 Å². The molecule has 2 nitrogen and oxygen atoms in total. The van der Waals surface area contributed by atoms with Gasteiger partial charge in [0.15, 0.2) is 11.6 Å². The van der Waals surface area contributed by atoms with Gasteiger partial charge in [-0.15, -0.1) is 0 Å². The summed E-state index contributed by atoms with van der Waals surface area (Å²) < 4.78 is 32.0. The average molecular weight is 270 g/mol. The predicted octanol–water partition coefficient (Wildman–Crippen LogP) is 4.25. The second-order valence-electron chi connectivity index (χ2n) is 5.39. The number of aryl methyl sites for hydroxylation is 1. The molecule has 1 aliphatic rings. The second-order valence-corrected chi connectivity index (χ2v) is 5.39. The smallest absolute Gasteiger partial charge is 0.314 e. The molecule has 1 aliphatic carbocycles. The third kappa shape index (κ3) is 3.11. The number of rotatable bonds is 2. The highest BCUT2D eigenvalue weighted by molar-refractivity contribution is 5.75. The first kappa shape index (κ1) is 14.0. The molecule has 0 saturated heterocycles. The number of ether oxygens (including phenoxy) is 1. The Kier molecular flexibility index (Phi) is 4.17. The summed E-state index contributed by atoms with van der Waals surface area (Å²) in [5, 5.41) is 0. The Bertz CT molecular complexity index is 483. The molecule has 106 valence electrons. The monoisotopic (exact) mass is 270 g/mol. The fourth-order valence-corrected chi connectivity index (χ4v) is 2.39. The Morgan fingerprint density at radius 3 is 2.47 bits per heavy atom. The number of hydrogen-bond donors (Lipinski definition) is 0. The summed E-state index contributed by atoms with van der Waals surface area (Å²) in [6, 6.07) is 2.71. The molecule has 0 N–H and O–H groups in total. The average Bonchev–Trinajstić information content (AvgIpc) is 2.40. The third-order valence-corrected chi connectivity index (χ3v) is 3.80. The Balaban J connectivity index is 0.00000200. The third-order valence-electron chi connectivity index (χ3n) is 3.80.